The number of allylic oxidation sites excluding steroid dienone is 2. The Morgan fingerprint density at radius 3 is 1.71 bits per heavy atom. The third-order valence-electron chi connectivity index (χ3n) is 10.3. The number of carbonyl (C=O) groups is 4. The summed E-state index contributed by atoms with van der Waals surface area (Å²) in [5.74, 6) is -2.08. The van der Waals surface area contributed by atoms with Crippen molar-refractivity contribution in [1.29, 1.82) is 0 Å². The first-order chi connectivity index (χ1) is 32.9. The largest absolute Gasteiger partial charge is 0.491 e. The summed E-state index contributed by atoms with van der Waals surface area (Å²) < 4.78 is 83.4. The highest BCUT2D eigenvalue weighted by Gasteiger charge is 2.39. The molecule has 6 rings (SSSR count). The Balaban J connectivity index is 0.000000258. The van der Waals surface area contributed by atoms with Crippen molar-refractivity contribution < 1.29 is 90.7 Å². The summed E-state index contributed by atoms with van der Waals surface area (Å²) in [5, 5.41) is 37.6. The number of hydrogen-bond acceptors (Lipinski definition) is 16. The van der Waals surface area contributed by atoms with Gasteiger partial charge < -0.3 is 58.3 Å². The van der Waals surface area contributed by atoms with Gasteiger partial charge in [0, 0.05) is 29.0 Å². The second-order valence-corrected chi connectivity index (χ2v) is 15.6. The van der Waals surface area contributed by atoms with Crippen molar-refractivity contribution in [3.8, 4) is 11.5 Å². The van der Waals surface area contributed by atoms with Gasteiger partial charge in [-0.25, -0.2) is 19.2 Å². The average molecular weight is 967 g/mol. The molecule has 370 valence electrons. The monoisotopic (exact) mass is 966 g/mol. The molecule has 2 aromatic carbocycles. The third-order valence-corrected chi connectivity index (χ3v) is 10.3. The van der Waals surface area contributed by atoms with Crippen LogP contribution in [-0.2, 0) is 60.2 Å². The number of aliphatic hydroxyl groups is 4. The van der Waals surface area contributed by atoms with Crippen LogP contribution in [0.25, 0.3) is 11.1 Å². The van der Waals surface area contributed by atoms with Crippen LogP contribution in [0.3, 0.4) is 0 Å². The first-order valence-corrected chi connectivity index (χ1v) is 21.7. The quantitative estimate of drug-likeness (QED) is 0.0730. The molecule has 0 fully saturated rings. The standard InChI is InChI=1S/C25H25F3O8.C25H28O8/c1-14(2)23(31)35-13-16(30)12-34-18-4-3-15-9-20(24(32)36-22(15)11-18)19-6-5-17(33-8-7-29)10-21(19)25(26,27)28;1-3-16-11-19(30-10-9-26)7-8-21(16)22-12-17-5-6-20(13-23(17)33-25(22)29)31-14-18(27)15-32-24(28)4-2/h3-6,9-11,15-16,22,29-30H,1,7-8,12-13H2,2H3;4-8,11-13,17-18,23,26-27H,2-3,9-10,14-15H2,1H3. The van der Waals surface area contributed by atoms with E-state index < -0.39 is 66.0 Å². The van der Waals surface area contributed by atoms with Gasteiger partial charge in [0.25, 0.3) is 0 Å². The molecule has 6 unspecified atom stereocenters. The van der Waals surface area contributed by atoms with E-state index in [4.69, 9.17) is 48.1 Å². The van der Waals surface area contributed by atoms with Gasteiger partial charge in [-0.05, 0) is 79.1 Å². The maximum Gasteiger partial charge on any atom is 0.417 e. The van der Waals surface area contributed by atoms with E-state index in [9.17, 15) is 42.6 Å². The Hall–Kier alpha value is -6.93. The van der Waals surface area contributed by atoms with Crippen LogP contribution in [-0.4, -0.2) is 122 Å². The van der Waals surface area contributed by atoms with Gasteiger partial charge in [-0.15, -0.1) is 0 Å². The van der Waals surface area contributed by atoms with Gasteiger partial charge in [0.1, 0.15) is 87.1 Å². The number of esters is 4. The van der Waals surface area contributed by atoms with Gasteiger partial charge in [-0.3, -0.25) is 0 Å². The number of carbonyl (C=O) groups excluding carboxylic acids is 4. The lowest BCUT2D eigenvalue weighted by molar-refractivity contribution is -0.143. The fourth-order valence-corrected chi connectivity index (χ4v) is 6.94. The molecule has 4 aliphatic rings. The molecule has 4 N–H and O–H groups in total. The van der Waals surface area contributed by atoms with Crippen LogP contribution in [0.15, 0.2) is 121 Å². The summed E-state index contributed by atoms with van der Waals surface area (Å²) in [7, 11) is 0. The van der Waals surface area contributed by atoms with Gasteiger partial charge >= 0.3 is 30.1 Å². The van der Waals surface area contributed by atoms with Crippen molar-refractivity contribution in [2.45, 2.75) is 50.9 Å². The van der Waals surface area contributed by atoms with Crippen molar-refractivity contribution in [3.63, 3.8) is 0 Å². The van der Waals surface area contributed by atoms with E-state index in [0.717, 1.165) is 29.3 Å². The van der Waals surface area contributed by atoms with Crippen LogP contribution in [0.5, 0.6) is 11.5 Å². The number of benzene rings is 2. The molecular formula is C50H53F3O16. The van der Waals surface area contributed by atoms with Crippen LogP contribution in [0, 0.1) is 11.8 Å². The Morgan fingerprint density at radius 2 is 1.23 bits per heavy atom. The molecule has 2 aromatic rings. The van der Waals surface area contributed by atoms with Gasteiger partial charge in [-0.2, -0.15) is 13.2 Å². The molecule has 0 bridgehead atoms. The van der Waals surface area contributed by atoms with E-state index in [-0.39, 0.29) is 87.0 Å². The molecule has 0 spiro atoms. The number of aryl methyl sites for hydroxylation is 1. The van der Waals surface area contributed by atoms with Crippen molar-refractivity contribution in [2.24, 2.45) is 11.8 Å². The fourth-order valence-electron chi connectivity index (χ4n) is 6.94. The van der Waals surface area contributed by atoms with Crippen LogP contribution in [0.1, 0.15) is 36.1 Å². The second-order valence-electron chi connectivity index (χ2n) is 15.6. The lowest BCUT2D eigenvalue weighted by Gasteiger charge is -2.30. The molecule has 6 atom stereocenters. The molecule has 2 aliphatic carbocycles. The predicted molar refractivity (Wildman–Crippen MR) is 240 cm³/mol. The first-order valence-electron chi connectivity index (χ1n) is 21.7. The number of aliphatic hydroxyl groups excluding tert-OH is 4. The molecule has 0 amide bonds. The summed E-state index contributed by atoms with van der Waals surface area (Å²) in [6.45, 7) is 8.95. The maximum atomic E-state index is 13.7. The predicted octanol–water partition coefficient (Wildman–Crippen LogP) is 5.06. The Kier molecular flexibility index (Phi) is 19.1. The Labute approximate surface area is 395 Å². The molecule has 0 radical (unpaired) electrons. The molecular weight excluding hydrogens is 914 g/mol. The zero-order valence-electron chi connectivity index (χ0n) is 37.7. The normalized spacial score (nSPS) is 20.0. The van der Waals surface area contributed by atoms with E-state index in [1.165, 1.54) is 31.2 Å². The van der Waals surface area contributed by atoms with E-state index >= 15 is 0 Å². The van der Waals surface area contributed by atoms with E-state index in [0.29, 0.717) is 23.5 Å². The average Bonchev–Trinajstić information content (AvgIpc) is 3.33. The molecule has 0 saturated heterocycles. The molecule has 19 heteroatoms. The number of ether oxygens (including phenoxy) is 8. The molecule has 2 heterocycles. The highest BCUT2D eigenvalue weighted by atomic mass is 19.4. The minimum absolute atomic E-state index is 0.0724. The van der Waals surface area contributed by atoms with Crippen LogP contribution in [0.2, 0.25) is 0 Å². The van der Waals surface area contributed by atoms with E-state index in [1.807, 2.05) is 31.2 Å². The smallest absolute Gasteiger partial charge is 0.417 e. The summed E-state index contributed by atoms with van der Waals surface area (Å²) in [5.41, 5.74) is 0.742. The third kappa shape index (κ3) is 15.0. The summed E-state index contributed by atoms with van der Waals surface area (Å²) in [6.07, 6.45) is 6.69. The molecule has 0 saturated carbocycles. The van der Waals surface area contributed by atoms with Crippen molar-refractivity contribution in [2.75, 3.05) is 52.9 Å². The minimum atomic E-state index is -4.77. The number of alkyl halides is 3. The van der Waals surface area contributed by atoms with Gasteiger partial charge in [0.05, 0.1) is 29.9 Å². The van der Waals surface area contributed by atoms with Gasteiger partial charge in [0.2, 0.25) is 0 Å². The zero-order chi connectivity index (χ0) is 50.3. The molecule has 2 aliphatic heterocycles. The lowest BCUT2D eigenvalue weighted by Crippen LogP contribution is -2.31. The first kappa shape index (κ1) is 53.0. The molecule has 0 aromatic heterocycles. The number of halogens is 3. The van der Waals surface area contributed by atoms with Crippen LogP contribution >= 0.6 is 0 Å². The van der Waals surface area contributed by atoms with Crippen LogP contribution in [0.4, 0.5) is 13.2 Å². The number of hydrogen-bond donors (Lipinski definition) is 4. The number of fused-ring (bicyclic) bond motifs is 2. The summed E-state index contributed by atoms with van der Waals surface area (Å²) in [4.78, 5) is 47.9. The topological polar surface area (TPSA) is 223 Å². The van der Waals surface area contributed by atoms with Gasteiger partial charge in [-0.1, -0.05) is 50.5 Å². The minimum Gasteiger partial charge on any atom is -0.491 e. The van der Waals surface area contributed by atoms with E-state index in [1.54, 1.807) is 24.3 Å². The van der Waals surface area contributed by atoms with Crippen LogP contribution < -0.4 is 9.47 Å². The number of rotatable bonds is 21. The SMILES string of the molecule is C=C(C)C(=O)OCC(O)COC1=CC2OC(=O)C(c3ccc(OCCO)cc3C(F)(F)F)=CC2C=C1.C=CC(=O)OCC(O)COC1=CC2OC(=O)C(c3ccc(OCCO)cc3CC)=CC2C=C1. The maximum absolute atomic E-state index is 13.7. The van der Waals surface area contributed by atoms with Crippen molar-refractivity contribution in [3.05, 3.63) is 144 Å². The Morgan fingerprint density at radius 1 is 0.739 bits per heavy atom. The van der Waals surface area contributed by atoms with Crippen molar-refractivity contribution >= 4 is 35.0 Å². The highest BCUT2D eigenvalue weighted by molar-refractivity contribution is 6.18. The molecule has 69 heavy (non-hydrogen) atoms. The van der Waals surface area contributed by atoms with E-state index in [2.05, 4.69) is 13.2 Å². The zero-order valence-corrected chi connectivity index (χ0v) is 37.7. The summed E-state index contributed by atoms with van der Waals surface area (Å²) in [6, 6.07) is 8.64. The second kappa shape index (κ2) is 24.9. The lowest BCUT2D eigenvalue weighted by atomic mass is 9.88. The molecule has 16 nitrogen and oxygen atoms in total. The highest BCUT2D eigenvalue weighted by Crippen LogP contribution is 2.41. The Bertz CT molecular complexity index is 2410. The fraction of sp³-hybridized carbons (Fsp3) is 0.360. The van der Waals surface area contributed by atoms with Gasteiger partial charge in [0.15, 0.2) is 0 Å². The van der Waals surface area contributed by atoms with Crippen molar-refractivity contribution in [1.82, 2.24) is 0 Å². The summed E-state index contributed by atoms with van der Waals surface area (Å²) >= 11 is 0.